The molecule has 0 aromatic heterocycles. The summed E-state index contributed by atoms with van der Waals surface area (Å²) in [6.07, 6.45) is 0.853. The third-order valence-electron chi connectivity index (χ3n) is 3.59. The van der Waals surface area contributed by atoms with Crippen molar-refractivity contribution in [2.24, 2.45) is 0 Å². The molecule has 2 aromatic carbocycles. The van der Waals surface area contributed by atoms with Crippen molar-refractivity contribution >= 4 is 0 Å². The lowest BCUT2D eigenvalue weighted by Crippen LogP contribution is -2.20. The quantitative estimate of drug-likeness (QED) is 0.330. The van der Waals surface area contributed by atoms with Gasteiger partial charge in [-0.2, -0.15) is 0 Å². The van der Waals surface area contributed by atoms with Gasteiger partial charge >= 0.3 is 0 Å². The number of aliphatic hydroxyl groups excluding tert-OH is 1. The second-order valence-corrected chi connectivity index (χ2v) is 6.12. The monoisotopic (exact) mass is 452 g/mol. The fraction of sp³-hybridized carbons (Fsp3) is 0.538. The molecule has 3 rings (SSSR count). The number of ether oxygens (including phenoxy) is 3. The van der Waals surface area contributed by atoms with E-state index in [9.17, 15) is 0 Å². The van der Waals surface area contributed by atoms with Crippen LogP contribution in [0.15, 0.2) is 60.7 Å². The maximum absolute atomic E-state index is 8.85. The molecule has 6 nitrogen and oxygen atoms in total. The van der Waals surface area contributed by atoms with Crippen LogP contribution < -0.4 is 0 Å². The summed E-state index contributed by atoms with van der Waals surface area (Å²) in [4.78, 5) is 8.66. The van der Waals surface area contributed by atoms with E-state index in [1.165, 1.54) is 25.3 Å². The maximum Gasteiger partial charge on any atom is 0.110 e. The van der Waals surface area contributed by atoms with Gasteiger partial charge in [0, 0.05) is 14.2 Å². The highest BCUT2D eigenvalue weighted by atomic mass is 17.2. The molecular weight excluding hydrogens is 408 g/mol. The standard InChI is InChI=1S/C13H12.C5H12O4.C4H8O2.2C2H6/c1-3-7-12(8-4-1)11-13-9-5-2-6-10-13;1-7-3-5(6)4-9-8-2;1-5-2-4-3-6-4;2*1-2/h1-10H,11H2;5-6H,3-4H2,1-2H3;4H,2-3H2,1H3;2*1-2H3. The van der Waals surface area contributed by atoms with Crippen molar-refractivity contribution < 1.29 is 29.1 Å². The van der Waals surface area contributed by atoms with Gasteiger partial charge in [0.05, 0.1) is 26.9 Å². The first kappa shape index (κ1) is 32.4. The van der Waals surface area contributed by atoms with Crippen LogP contribution in [0.25, 0.3) is 0 Å². The van der Waals surface area contributed by atoms with E-state index < -0.39 is 6.10 Å². The van der Waals surface area contributed by atoms with Gasteiger partial charge < -0.3 is 19.3 Å². The summed E-state index contributed by atoms with van der Waals surface area (Å²) in [6, 6.07) is 21.1. The SMILES string of the molecule is CC.CC.COCC(O)COOC.COCC1CO1.c1ccc(Cc2ccccc2)cc1. The van der Waals surface area contributed by atoms with Gasteiger partial charge in [0.15, 0.2) is 0 Å². The number of epoxide rings is 1. The third-order valence-corrected chi connectivity index (χ3v) is 3.59. The fourth-order valence-corrected chi connectivity index (χ4v) is 2.16. The average Bonchev–Trinajstić information content (AvgIpc) is 3.67. The van der Waals surface area contributed by atoms with Crippen LogP contribution in [-0.2, 0) is 30.4 Å². The highest BCUT2D eigenvalue weighted by Crippen LogP contribution is 2.08. The fourth-order valence-electron chi connectivity index (χ4n) is 2.16. The molecule has 2 atom stereocenters. The number of hydrogen-bond acceptors (Lipinski definition) is 6. The average molecular weight is 453 g/mol. The molecule has 0 bridgehead atoms. The predicted octanol–water partition coefficient (Wildman–Crippen LogP) is 4.93. The van der Waals surface area contributed by atoms with E-state index in [4.69, 9.17) is 14.6 Å². The Bertz CT molecular complexity index is 538. The van der Waals surface area contributed by atoms with Crippen LogP contribution in [0.2, 0.25) is 0 Å². The Labute approximate surface area is 195 Å². The molecule has 6 heteroatoms. The maximum atomic E-state index is 8.85. The molecule has 1 heterocycles. The number of hydrogen-bond donors (Lipinski definition) is 1. The minimum atomic E-state index is -0.602. The second-order valence-electron chi connectivity index (χ2n) is 6.12. The molecule has 0 spiro atoms. The molecule has 0 radical (unpaired) electrons. The lowest BCUT2D eigenvalue weighted by molar-refractivity contribution is -0.286. The Balaban J connectivity index is 0. The number of benzene rings is 2. The number of rotatable bonds is 9. The van der Waals surface area contributed by atoms with Crippen LogP contribution in [0.3, 0.4) is 0 Å². The minimum Gasteiger partial charge on any atom is -0.388 e. The van der Waals surface area contributed by atoms with E-state index in [2.05, 4.69) is 75.2 Å². The van der Waals surface area contributed by atoms with Crippen molar-refractivity contribution in [1.82, 2.24) is 0 Å². The van der Waals surface area contributed by atoms with Crippen LogP contribution in [0.5, 0.6) is 0 Å². The molecule has 184 valence electrons. The molecule has 32 heavy (non-hydrogen) atoms. The van der Waals surface area contributed by atoms with Gasteiger partial charge in [0.2, 0.25) is 0 Å². The molecule has 1 fully saturated rings. The number of aliphatic hydroxyl groups is 1. The normalized spacial score (nSPS) is 13.9. The highest BCUT2D eigenvalue weighted by molar-refractivity contribution is 5.25. The Morgan fingerprint density at radius 2 is 1.28 bits per heavy atom. The number of methoxy groups -OCH3 is 2. The van der Waals surface area contributed by atoms with E-state index in [1.54, 1.807) is 7.11 Å². The predicted molar refractivity (Wildman–Crippen MR) is 131 cm³/mol. The first-order valence-corrected chi connectivity index (χ1v) is 11.2. The molecular formula is C26H44O6. The molecule has 2 unspecified atom stereocenters. The molecule has 1 N–H and O–H groups in total. The Kier molecular flexibility index (Phi) is 25.8. The van der Waals surface area contributed by atoms with E-state index in [0.29, 0.717) is 6.10 Å². The lowest BCUT2D eigenvalue weighted by Gasteiger charge is -2.06. The third kappa shape index (κ3) is 21.4. The van der Waals surface area contributed by atoms with Gasteiger partial charge in [-0.3, -0.25) is 0 Å². The summed E-state index contributed by atoms with van der Waals surface area (Å²) >= 11 is 0. The van der Waals surface area contributed by atoms with Crippen molar-refractivity contribution in [3.63, 3.8) is 0 Å². The highest BCUT2D eigenvalue weighted by Gasteiger charge is 2.21. The van der Waals surface area contributed by atoms with E-state index >= 15 is 0 Å². The van der Waals surface area contributed by atoms with Crippen molar-refractivity contribution in [3.8, 4) is 0 Å². The van der Waals surface area contributed by atoms with Crippen LogP contribution in [0, 0.1) is 0 Å². The van der Waals surface area contributed by atoms with Gasteiger partial charge in [-0.1, -0.05) is 88.4 Å². The Morgan fingerprint density at radius 3 is 1.59 bits per heavy atom. The summed E-state index contributed by atoms with van der Waals surface area (Å²) in [5, 5.41) is 8.85. The van der Waals surface area contributed by atoms with Crippen LogP contribution in [0.4, 0.5) is 0 Å². The Hall–Kier alpha value is -1.80. The largest absolute Gasteiger partial charge is 0.388 e. The summed E-state index contributed by atoms with van der Waals surface area (Å²) in [6.45, 7) is 10.1. The molecule has 1 aliphatic rings. The summed E-state index contributed by atoms with van der Waals surface area (Å²) in [5.41, 5.74) is 2.74. The van der Waals surface area contributed by atoms with Crippen molar-refractivity contribution in [2.45, 2.75) is 46.3 Å². The van der Waals surface area contributed by atoms with Crippen LogP contribution in [0.1, 0.15) is 38.8 Å². The zero-order valence-electron chi connectivity index (χ0n) is 21.0. The molecule has 0 saturated carbocycles. The van der Waals surface area contributed by atoms with E-state index in [0.717, 1.165) is 19.6 Å². The van der Waals surface area contributed by atoms with Gasteiger partial charge in [0.1, 0.15) is 18.8 Å². The molecule has 1 aliphatic heterocycles. The molecule has 0 aliphatic carbocycles. The van der Waals surface area contributed by atoms with Crippen LogP contribution >= 0.6 is 0 Å². The summed E-state index contributed by atoms with van der Waals surface area (Å²) < 4.78 is 14.2. The molecule has 0 amide bonds. The minimum absolute atomic E-state index is 0.143. The van der Waals surface area contributed by atoms with Gasteiger partial charge in [-0.25, -0.2) is 9.78 Å². The first-order valence-electron chi connectivity index (χ1n) is 11.2. The van der Waals surface area contributed by atoms with E-state index in [-0.39, 0.29) is 13.2 Å². The first-order chi connectivity index (χ1) is 15.7. The van der Waals surface area contributed by atoms with Crippen LogP contribution in [-0.4, -0.2) is 65.1 Å². The van der Waals surface area contributed by atoms with Gasteiger partial charge in [0.25, 0.3) is 0 Å². The second kappa shape index (κ2) is 25.5. The Morgan fingerprint density at radius 1 is 0.812 bits per heavy atom. The topological polar surface area (TPSA) is 69.7 Å². The summed E-state index contributed by atoms with van der Waals surface area (Å²) in [5.74, 6) is 0. The molecule has 2 aromatic rings. The van der Waals surface area contributed by atoms with Gasteiger partial charge in [-0.05, 0) is 17.5 Å². The smallest absolute Gasteiger partial charge is 0.110 e. The van der Waals surface area contributed by atoms with Crippen molar-refractivity contribution in [3.05, 3.63) is 71.8 Å². The van der Waals surface area contributed by atoms with E-state index in [1.807, 2.05) is 27.7 Å². The summed E-state index contributed by atoms with van der Waals surface area (Å²) in [7, 11) is 4.58. The zero-order valence-corrected chi connectivity index (χ0v) is 21.0. The van der Waals surface area contributed by atoms with Crippen molar-refractivity contribution in [2.75, 3.05) is 47.8 Å². The zero-order chi connectivity index (χ0) is 24.5. The van der Waals surface area contributed by atoms with Gasteiger partial charge in [-0.15, -0.1) is 0 Å². The van der Waals surface area contributed by atoms with Crippen molar-refractivity contribution in [1.29, 1.82) is 0 Å². The molecule has 1 saturated heterocycles. The lowest BCUT2D eigenvalue weighted by atomic mass is 10.1.